The average Bonchev–Trinajstić information content (AvgIpc) is 3.42. The van der Waals surface area contributed by atoms with Gasteiger partial charge in [0.05, 0.1) is 4.92 Å². The van der Waals surface area contributed by atoms with Crippen LogP contribution in [-0.4, -0.2) is 94.1 Å². The summed E-state index contributed by atoms with van der Waals surface area (Å²) in [6.45, 7) is -1.12. The van der Waals surface area contributed by atoms with Crippen molar-refractivity contribution in [3.63, 3.8) is 0 Å². The van der Waals surface area contributed by atoms with Gasteiger partial charge in [0.15, 0.2) is 16.9 Å². The summed E-state index contributed by atoms with van der Waals surface area (Å²) in [5, 5.41) is 22.1. The Kier molecular flexibility index (Phi) is 10.6. The number of likely N-dealkylation sites (N-methyl/N-ethyl adjacent to an activating group) is 1. The number of rotatable bonds is 13. The van der Waals surface area contributed by atoms with Gasteiger partial charge in [-0.05, 0) is 17.7 Å². The van der Waals surface area contributed by atoms with Crippen molar-refractivity contribution in [3.05, 3.63) is 51.0 Å². The first-order valence-electron chi connectivity index (χ1n) is 11.5. The molecule has 1 fully saturated rings. The van der Waals surface area contributed by atoms with Gasteiger partial charge in [-0.15, -0.1) is 22.9 Å². The maximum absolute atomic E-state index is 13.1. The van der Waals surface area contributed by atoms with Gasteiger partial charge in [-0.3, -0.25) is 33.8 Å². The van der Waals surface area contributed by atoms with Gasteiger partial charge in [-0.25, -0.2) is 9.78 Å². The lowest BCUT2D eigenvalue weighted by Crippen LogP contribution is -2.75. The SMILES string of the molecule is CNC(=O)[C@H]1[C@@H](NC(=O)/C(=N\OCC(=O)OCc2ccc([N+](=O)[O-])cc2)c2csc(NC(=O)CCl)n2)C(=O)N1S(=O)(=O)O. The van der Waals surface area contributed by atoms with Crippen LogP contribution in [0.15, 0.2) is 34.8 Å². The van der Waals surface area contributed by atoms with Crippen LogP contribution in [0.1, 0.15) is 11.3 Å². The van der Waals surface area contributed by atoms with Crippen molar-refractivity contribution >= 4 is 79.4 Å². The lowest BCUT2D eigenvalue weighted by Gasteiger charge is -2.42. The van der Waals surface area contributed by atoms with Gasteiger partial charge in [0.2, 0.25) is 18.4 Å². The number of nitro benzene ring substituents is 1. The van der Waals surface area contributed by atoms with E-state index in [1.165, 1.54) is 29.6 Å². The number of nitro groups is 1. The lowest BCUT2D eigenvalue weighted by molar-refractivity contribution is -0.384. The zero-order valence-electron chi connectivity index (χ0n) is 21.6. The molecule has 1 saturated heterocycles. The van der Waals surface area contributed by atoms with E-state index >= 15 is 0 Å². The van der Waals surface area contributed by atoms with Crippen LogP contribution >= 0.6 is 22.9 Å². The number of anilines is 1. The number of nitrogens with one attached hydrogen (secondary N) is 3. The monoisotopic (exact) mass is 661 g/mol. The summed E-state index contributed by atoms with van der Waals surface area (Å²) >= 11 is 6.29. The van der Waals surface area contributed by atoms with Gasteiger partial charge < -0.3 is 25.5 Å². The molecule has 22 heteroatoms. The summed E-state index contributed by atoms with van der Waals surface area (Å²) in [5.74, 6) is -5.59. The molecule has 0 saturated carbocycles. The Morgan fingerprint density at radius 3 is 2.51 bits per heavy atom. The van der Waals surface area contributed by atoms with Crippen LogP contribution in [0.5, 0.6) is 0 Å². The van der Waals surface area contributed by atoms with Crippen molar-refractivity contribution in [3.8, 4) is 0 Å². The normalized spacial score (nSPS) is 16.5. The molecule has 4 amide bonds. The number of ether oxygens (including phenoxy) is 1. The van der Waals surface area contributed by atoms with Crippen LogP contribution < -0.4 is 16.0 Å². The maximum atomic E-state index is 13.1. The standard InChI is InChI=1S/C21H20ClN7O12S2/c1-23-19(33)17-16(20(34)28(17)43(37,38)39)26-18(32)15(12-9-42-21(24-12)25-13(30)6-22)27-41-8-14(31)40-7-10-2-4-11(5-3-10)29(35)36/h2-5,9,16-17H,6-8H2,1H3,(H,23,33)(H,26,32)(H,24,25,30)(H,37,38,39)/b27-15-/t16-,17-/m1/s1. The molecule has 0 aliphatic carbocycles. The van der Waals surface area contributed by atoms with E-state index in [2.05, 4.69) is 26.1 Å². The number of aromatic nitrogens is 1. The molecule has 2 aromatic rings. The zero-order chi connectivity index (χ0) is 31.9. The number of hydrogen-bond donors (Lipinski definition) is 4. The smallest absolute Gasteiger partial charge is 0.363 e. The third-order valence-electron chi connectivity index (χ3n) is 5.32. The van der Waals surface area contributed by atoms with Crippen LogP contribution in [0.4, 0.5) is 10.8 Å². The molecular weight excluding hydrogens is 642 g/mol. The molecule has 1 aliphatic heterocycles. The number of carbonyl (C=O) groups is 5. The third kappa shape index (κ3) is 8.18. The molecule has 1 aliphatic rings. The highest BCUT2D eigenvalue weighted by Gasteiger charge is 2.57. The van der Waals surface area contributed by atoms with Crippen molar-refractivity contribution < 1.29 is 51.4 Å². The Morgan fingerprint density at radius 1 is 1.26 bits per heavy atom. The summed E-state index contributed by atoms with van der Waals surface area (Å²) in [4.78, 5) is 80.4. The fraction of sp³-hybridized carbons (Fsp3) is 0.286. The second-order valence-electron chi connectivity index (χ2n) is 8.14. The first-order valence-corrected chi connectivity index (χ1v) is 14.3. The van der Waals surface area contributed by atoms with Crippen LogP contribution in [0.3, 0.4) is 0 Å². The topological polar surface area (TPSA) is 266 Å². The van der Waals surface area contributed by atoms with Crippen molar-refractivity contribution in [1.82, 2.24) is 19.9 Å². The number of thiazole rings is 1. The molecular formula is C21H20ClN7O12S2. The minimum Gasteiger partial charge on any atom is -0.458 e. The molecule has 0 spiro atoms. The first kappa shape index (κ1) is 32.8. The van der Waals surface area contributed by atoms with Crippen LogP contribution in [0.2, 0.25) is 0 Å². The summed E-state index contributed by atoms with van der Waals surface area (Å²) in [6, 6.07) is 1.55. The molecule has 4 N–H and O–H groups in total. The van der Waals surface area contributed by atoms with Gasteiger partial charge in [-0.1, -0.05) is 5.16 Å². The van der Waals surface area contributed by atoms with Gasteiger partial charge in [-0.2, -0.15) is 12.7 Å². The predicted molar refractivity (Wildman–Crippen MR) is 145 cm³/mol. The number of β-lactam (4-membered cyclic amide) rings is 1. The Labute approximate surface area is 250 Å². The molecule has 0 unspecified atom stereocenters. The van der Waals surface area contributed by atoms with Gasteiger partial charge in [0.25, 0.3) is 17.5 Å². The van der Waals surface area contributed by atoms with Gasteiger partial charge in [0, 0.05) is 24.6 Å². The Balaban J connectivity index is 1.75. The van der Waals surface area contributed by atoms with Gasteiger partial charge >= 0.3 is 16.3 Å². The molecule has 1 aromatic carbocycles. The fourth-order valence-electron chi connectivity index (χ4n) is 3.34. The average molecular weight is 662 g/mol. The minimum atomic E-state index is -5.15. The van der Waals surface area contributed by atoms with Crippen LogP contribution in [-0.2, 0) is 50.5 Å². The number of oxime groups is 1. The number of alkyl halides is 1. The Morgan fingerprint density at radius 2 is 1.93 bits per heavy atom. The van der Waals surface area contributed by atoms with E-state index in [9.17, 15) is 47.1 Å². The number of esters is 1. The van der Waals surface area contributed by atoms with Crippen molar-refractivity contribution in [2.75, 3.05) is 24.9 Å². The van der Waals surface area contributed by atoms with E-state index in [1.54, 1.807) is 0 Å². The Bertz CT molecular complexity index is 1580. The second kappa shape index (κ2) is 14.0. The molecule has 2 atom stereocenters. The summed E-state index contributed by atoms with van der Waals surface area (Å²) in [6.07, 6.45) is 0. The van der Waals surface area contributed by atoms with Crippen LogP contribution in [0.25, 0.3) is 0 Å². The number of amides is 4. The molecule has 0 radical (unpaired) electrons. The quantitative estimate of drug-likeness (QED) is 0.0379. The molecule has 2 heterocycles. The van der Waals surface area contributed by atoms with E-state index in [1.807, 2.05) is 0 Å². The minimum absolute atomic E-state index is 0.0239. The molecule has 230 valence electrons. The molecule has 43 heavy (non-hydrogen) atoms. The molecule has 0 bridgehead atoms. The van der Waals surface area contributed by atoms with E-state index in [4.69, 9.17) is 21.2 Å². The van der Waals surface area contributed by atoms with E-state index < -0.39 is 75.1 Å². The molecule has 1 aromatic heterocycles. The maximum Gasteiger partial charge on any atom is 0.363 e. The number of hydrogen-bond acceptors (Lipinski definition) is 14. The third-order valence-corrected chi connectivity index (χ3v) is 7.22. The van der Waals surface area contributed by atoms with Crippen LogP contribution in [0, 0.1) is 10.1 Å². The number of benzene rings is 1. The largest absolute Gasteiger partial charge is 0.458 e. The highest BCUT2D eigenvalue weighted by Crippen LogP contribution is 2.24. The van der Waals surface area contributed by atoms with Gasteiger partial charge in [0.1, 0.15) is 24.2 Å². The molecule has 3 rings (SSSR count). The van der Waals surface area contributed by atoms with E-state index in [0.29, 0.717) is 5.56 Å². The van der Waals surface area contributed by atoms with E-state index in [0.717, 1.165) is 18.4 Å². The fourth-order valence-corrected chi connectivity index (χ4v) is 4.97. The summed E-state index contributed by atoms with van der Waals surface area (Å²) in [7, 11) is -4.03. The van der Waals surface area contributed by atoms with Crippen molar-refractivity contribution in [2.45, 2.75) is 18.7 Å². The number of halogens is 1. The zero-order valence-corrected chi connectivity index (χ0v) is 24.0. The van der Waals surface area contributed by atoms with Crippen molar-refractivity contribution in [1.29, 1.82) is 0 Å². The Hall–Kier alpha value is -4.73. The summed E-state index contributed by atoms with van der Waals surface area (Å²) < 4.78 is 37.2. The number of non-ortho nitro benzene ring substituents is 1. The predicted octanol–water partition coefficient (Wildman–Crippen LogP) is -1.06. The highest BCUT2D eigenvalue weighted by atomic mass is 35.5. The van der Waals surface area contributed by atoms with Crippen molar-refractivity contribution in [2.24, 2.45) is 5.16 Å². The highest BCUT2D eigenvalue weighted by molar-refractivity contribution is 7.84. The number of nitrogens with zero attached hydrogens (tertiary/aromatic N) is 4. The van der Waals surface area contributed by atoms with E-state index in [-0.39, 0.29) is 27.4 Å². The lowest BCUT2D eigenvalue weighted by atomic mass is 9.97. The second-order valence-corrected chi connectivity index (χ2v) is 10.6. The summed E-state index contributed by atoms with van der Waals surface area (Å²) in [5.41, 5.74) is -0.644. The number of carbonyl (C=O) groups excluding carboxylic acids is 5. The molecule has 19 nitrogen and oxygen atoms in total. The first-order chi connectivity index (χ1) is 20.3.